The van der Waals surface area contributed by atoms with Crippen molar-refractivity contribution >= 4 is 17.9 Å². The maximum atomic E-state index is 10.5. The Morgan fingerprint density at radius 2 is 2.19 bits per heavy atom. The van der Waals surface area contributed by atoms with Crippen LogP contribution in [-0.2, 0) is 11.2 Å². The molecule has 4 heteroatoms. The monoisotopic (exact) mass is 234 g/mol. The van der Waals surface area contributed by atoms with Gasteiger partial charge in [-0.3, -0.25) is 4.79 Å². The number of halogens is 1. The van der Waals surface area contributed by atoms with Gasteiger partial charge in [0.15, 0.2) is 0 Å². The van der Waals surface area contributed by atoms with Gasteiger partial charge in [-0.2, -0.15) is 0 Å². The van der Waals surface area contributed by atoms with E-state index in [1.807, 2.05) is 24.5 Å². The van der Waals surface area contributed by atoms with Gasteiger partial charge in [0.2, 0.25) is 6.29 Å². The van der Waals surface area contributed by atoms with Crippen molar-refractivity contribution in [1.29, 1.82) is 0 Å². The normalized spacial score (nSPS) is 10.4. The highest BCUT2D eigenvalue weighted by Gasteiger charge is 2.16. The lowest BCUT2D eigenvalue weighted by molar-refractivity contribution is 0.398. The minimum Gasteiger partial charge on any atom is -0.361 e. The Bertz CT molecular complexity index is 519. The van der Waals surface area contributed by atoms with E-state index in [0.717, 1.165) is 11.1 Å². The van der Waals surface area contributed by atoms with E-state index in [4.69, 9.17) is 16.1 Å². The van der Waals surface area contributed by atoms with Crippen LogP contribution in [0.4, 0.5) is 0 Å². The summed E-state index contributed by atoms with van der Waals surface area (Å²) in [5.41, 5.74) is 2.13. The van der Waals surface area contributed by atoms with E-state index in [2.05, 4.69) is 5.16 Å². The van der Waals surface area contributed by atoms with Crippen LogP contribution in [-0.4, -0.2) is 11.4 Å². The highest BCUT2D eigenvalue weighted by Crippen LogP contribution is 2.30. The molecule has 1 radical (unpaired) electrons. The number of nitrogens with zero attached hydrogens (tertiary/aromatic N) is 1. The minimum atomic E-state index is 0.163. The zero-order chi connectivity index (χ0) is 11.5. The van der Waals surface area contributed by atoms with E-state index in [9.17, 15) is 4.79 Å². The first-order valence-corrected chi connectivity index (χ1v) is 5.17. The van der Waals surface area contributed by atoms with Crippen molar-refractivity contribution < 1.29 is 9.32 Å². The molecule has 3 nitrogen and oxygen atoms in total. The van der Waals surface area contributed by atoms with Gasteiger partial charge >= 0.3 is 0 Å². The van der Waals surface area contributed by atoms with Gasteiger partial charge in [-0.25, -0.2) is 0 Å². The van der Waals surface area contributed by atoms with Gasteiger partial charge in [0.05, 0.1) is 5.02 Å². The summed E-state index contributed by atoms with van der Waals surface area (Å²) >= 11 is 6.06. The molecule has 0 aliphatic carbocycles. The average Bonchev–Trinajstić information content (AvgIpc) is 2.62. The number of benzene rings is 1. The van der Waals surface area contributed by atoms with Crippen molar-refractivity contribution in [2.75, 3.05) is 0 Å². The number of hydrogen-bond donors (Lipinski definition) is 0. The Hall–Kier alpha value is -1.61. The summed E-state index contributed by atoms with van der Waals surface area (Å²) in [4.78, 5) is 10.5. The molecule has 0 saturated carbocycles. The van der Waals surface area contributed by atoms with E-state index >= 15 is 0 Å². The number of rotatable bonds is 3. The van der Waals surface area contributed by atoms with E-state index in [0.29, 0.717) is 16.5 Å². The highest BCUT2D eigenvalue weighted by atomic mass is 35.5. The van der Waals surface area contributed by atoms with Crippen LogP contribution in [0.5, 0.6) is 0 Å². The second kappa shape index (κ2) is 4.49. The molecule has 1 heterocycles. The molecule has 81 valence electrons. The lowest BCUT2D eigenvalue weighted by atomic mass is 10.0. The zero-order valence-corrected chi connectivity index (χ0v) is 9.41. The first-order chi connectivity index (χ1) is 7.74. The maximum Gasteiger partial charge on any atom is 0.203 e. The topological polar surface area (TPSA) is 43.1 Å². The molecule has 2 aromatic rings. The number of aryl methyl sites for hydroxylation is 1. The van der Waals surface area contributed by atoms with Crippen LogP contribution < -0.4 is 0 Å². The summed E-state index contributed by atoms with van der Waals surface area (Å²) in [6, 6.07) is 7.31. The Balaban J connectivity index is 2.56. The molecule has 0 fully saturated rings. The van der Waals surface area contributed by atoms with Crippen molar-refractivity contribution in [1.82, 2.24) is 5.16 Å². The maximum absolute atomic E-state index is 10.5. The van der Waals surface area contributed by atoms with Crippen LogP contribution in [0.2, 0.25) is 5.02 Å². The summed E-state index contributed by atoms with van der Waals surface area (Å²) < 4.78 is 5.07. The number of hydrogen-bond acceptors (Lipinski definition) is 3. The Labute approximate surface area is 98.0 Å². The molecule has 0 aliphatic heterocycles. The van der Waals surface area contributed by atoms with Gasteiger partial charge in [-0.05, 0) is 13.0 Å². The second-order valence-electron chi connectivity index (χ2n) is 3.37. The van der Waals surface area contributed by atoms with Gasteiger partial charge in [-0.15, -0.1) is 0 Å². The second-order valence-corrected chi connectivity index (χ2v) is 3.77. The van der Waals surface area contributed by atoms with Gasteiger partial charge in [0.25, 0.3) is 0 Å². The highest BCUT2D eigenvalue weighted by molar-refractivity contribution is 6.33. The molecule has 0 saturated heterocycles. The Morgan fingerprint density at radius 3 is 2.88 bits per heavy atom. The molecule has 0 unspecified atom stereocenters. The lowest BCUT2D eigenvalue weighted by Crippen LogP contribution is -1.90. The lowest BCUT2D eigenvalue weighted by Gasteiger charge is -2.01. The van der Waals surface area contributed by atoms with Crippen molar-refractivity contribution in [2.24, 2.45) is 0 Å². The summed E-state index contributed by atoms with van der Waals surface area (Å²) in [5, 5.41) is 4.51. The van der Waals surface area contributed by atoms with Gasteiger partial charge in [0.1, 0.15) is 11.5 Å². The SMILES string of the molecule is Cc1onc(-c2ccccc2Cl)c1C[C]=O. The Kier molecular flexibility index (Phi) is 3.06. The smallest absolute Gasteiger partial charge is 0.203 e. The Morgan fingerprint density at radius 1 is 1.44 bits per heavy atom. The van der Waals surface area contributed by atoms with Gasteiger partial charge < -0.3 is 4.52 Å². The average molecular weight is 235 g/mol. The summed E-state index contributed by atoms with van der Waals surface area (Å²) in [5.74, 6) is 0.623. The molecule has 1 aromatic heterocycles. The molecule has 0 N–H and O–H groups in total. The van der Waals surface area contributed by atoms with E-state index in [-0.39, 0.29) is 6.42 Å². The number of carbonyl (C=O) groups excluding carboxylic acids is 1. The van der Waals surface area contributed by atoms with E-state index in [1.165, 1.54) is 0 Å². The predicted octanol–water partition coefficient (Wildman–Crippen LogP) is 2.96. The van der Waals surface area contributed by atoms with E-state index in [1.54, 1.807) is 13.0 Å². The standard InChI is InChI=1S/C12H9ClNO2/c1-8-9(6-7-15)12(14-16-8)10-4-2-3-5-11(10)13/h2-5H,6H2,1H3. The fourth-order valence-corrected chi connectivity index (χ4v) is 1.76. The van der Waals surface area contributed by atoms with Crippen molar-refractivity contribution in [2.45, 2.75) is 13.3 Å². The van der Waals surface area contributed by atoms with Crippen LogP contribution in [0, 0.1) is 6.92 Å². The largest absolute Gasteiger partial charge is 0.361 e. The van der Waals surface area contributed by atoms with Gasteiger partial charge in [-0.1, -0.05) is 35.0 Å². The van der Waals surface area contributed by atoms with E-state index < -0.39 is 0 Å². The van der Waals surface area contributed by atoms with Crippen LogP contribution in [0.15, 0.2) is 28.8 Å². The third-order valence-corrected chi connectivity index (χ3v) is 2.69. The first-order valence-electron chi connectivity index (χ1n) is 4.79. The van der Waals surface area contributed by atoms with Crippen LogP contribution in [0.25, 0.3) is 11.3 Å². The summed E-state index contributed by atoms with van der Waals surface area (Å²) in [7, 11) is 0. The molecule has 2 rings (SSSR count). The van der Waals surface area contributed by atoms with Crippen molar-refractivity contribution in [3.8, 4) is 11.3 Å². The molecular weight excluding hydrogens is 226 g/mol. The zero-order valence-electron chi connectivity index (χ0n) is 8.66. The fraction of sp³-hybridized carbons (Fsp3) is 0.167. The number of aromatic nitrogens is 1. The predicted molar refractivity (Wildman–Crippen MR) is 61.1 cm³/mol. The summed E-state index contributed by atoms with van der Waals surface area (Å²) in [6.45, 7) is 1.76. The molecule has 0 spiro atoms. The quantitative estimate of drug-likeness (QED) is 0.820. The molecule has 16 heavy (non-hydrogen) atoms. The molecule has 0 amide bonds. The van der Waals surface area contributed by atoms with Crippen molar-refractivity contribution in [3.63, 3.8) is 0 Å². The minimum absolute atomic E-state index is 0.163. The molecule has 1 aromatic carbocycles. The third-order valence-electron chi connectivity index (χ3n) is 2.36. The molecular formula is C12H9ClNO2. The molecule has 0 bridgehead atoms. The molecule has 0 aliphatic rings. The first kappa shape index (κ1) is 10.9. The van der Waals surface area contributed by atoms with Gasteiger partial charge in [0, 0.05) is 17.5 Å². The van der Waals surface area contributed by atoms with Crippen molar-refractivity contribution in [3.05, 3.63) is 40.6 Å². The summed E-state index contributed by atoms with van der Waals surface area (Å²) in [6.07, 6.45) is 2.01. The van der Waals surface area contributed by atoms with Crippen LogP contribution in [0.3, 0.4) is 0 Å². The molecule has 0 atom stereocenters. The third kappa shape index (κ3) is 1.86. The van der Waals surface area contributed by atoms with Crippen LogP contribution >= 0.6 is 11.6 Å². The van der Waals surface area contributed by atoms with Crippen LogP contribution in [0.1, 0.15) is 11.3 Å². The fourth-order valence-electron chi connectivity index (χ4n) is 1.54.